The molecule has 6 aromatic rings. The van der Waals surface area contributed by atoms with Crippen molar-refractivity contribution in [2.24, 2.45) is 0 Å². The Kier molecular flexibility index (Phi) is 5.90. The number of H-pyrrole nitrogens is 2. The Bertz CT molecular complexity index is 1710. The highest BCUT2D eigenvalue weighted by Gasteiger charge is 2.15. The van der Waals surface area contributed by atoms with Gasteiger partial charge in [0.2, 0.25) is 0 Å². The van der Waals surface area contributed by atoms with Gasteiger partial charge in [0.15, 0.2) is 5.65 Å². The smallest absolute Gasteiger partial charge is 0.181 e. The summed E-state index contributed by atoms with van der Waals surface area (Å²) in [4.78, 5) is 21.6. The van der Waals surface area contributed by atoms with E-state index < -0.39 is 0 Å². The number of anilines is 1. The van der Waals surface area contributed by atoms with E-state index in [1.807, 2.05) is 42.9 Å². The van der Waals surface area contributed by atoms with Crippen LogP contribution in [0, 0.1) is 0 Å². The first-order valence-electron chi connectivity index (χ1n) is 12.3. The van der Waals surface area contributed by atoms with Gasteiger partial charge in [0.1, 0.15) is 0 Å². The van der Waals surface area contributed by atoms with Gasteiger partial charge in [0.05, 0.1) is 34.7 Å². The lowest BCUT2D eigenvalue weighted by Crippen LogP contribution is -1.98. The third-order valence-electron chi connectivity index (χ3n) is 6.36. The Balaban J connectivity index is 1.37. The highest BCUT2D eigenvalue weighted by atomic mass is 15.2. The van der Waals surface area contributed by atoms with Gasteiger partial charge in [0, 0.05) is 57.9 Å². The molecule has 0 bridgehead atoms. The summed E-state index contributed by atoms with van der Waals surface area (Å²) in [6.45, 7) is 6.31. The molecule has 0 aliphatic carbocycles. The Labute approximate surface area is 214 Å². The van der Waals surface area contributed by atoms with Gasteiger partial charge in [-0.25, -0.2) is 4.98 Å². The normalized spacial score (nSPS) is 11.3. The number of aromatic amines is 2. The van der Waals surface area contributed by atoms with Gasteiger partial charge in [-0.15, -0.1) is 0 Å². The molecule has 0 saturated heterocycles. The molecule has 8 heteroatoms. The molecular formula is C29H26N8. The quantitative estimate of drug-likeness (QED) is 0.220. The molecule has 182 valence electrons. The van der Waals surface area contributed by atoms with Crippen LogP contribution in [-0.4, -0.2) is 35.1 Å². The molecule has 0 spiro atoms. The van der Waals surface area contributed by atoms with Crippen molar-refractivity contribution in [1.29, 1.82) is 0 Å². The second-order valence-electron chi connectivity index (χ2n) is 9.01. The lowest BCUT2D eigenvalue weighted by molar-refractivity contribution is 0.791. The van der Waals surface area contributed by atoms with E-state index in [0.717, 1.165) is 80.8 Å². The van der Waals surface area contributed by atoms with Crippen LogP contribution < -0.4 is 5.32 Å². The molecule has 0 saturated carbocycles. The summed E-state index contributed by atoms with van der Waals surface area (Å²) in [5, 5.41) is 12.9. The van der Waals surface area contributed by atoms with Crippen molar-refractivity contribution in [2.75, 3.05) is 5.32 Å². The third kappa shape index (κ3) is 4.45. The van der Waals surface area contributed by atoms with Gasteiger partial charge >= 0.3 is 0 Å². The number of aromatic nitrogens is 7. The molecule has 6 rings (SSSR count). The van der Waals surface area contributed by atoms with E-state index >= 15 is 0 Å². The summed E-state index contributed by atoms with van der Waals surface area (Å²) in [7, 11) is 0. The molecule has 0 unspecified atom stereocenters. The van der Waals surface area contributed by atoms with Crippen molar-refractivity contribution in [2.45, 2.75) is 26.2 Å². The van der Waals surface area contributed by atoms with Gasteiger partial charge in [-0.05, 0) is 49.2 Å². The summed E-state index contributed by atoms with van der Waals surface area (Å²) < 4.78 is 0. The minimum absolute atomic E-state index is 0.649. The van der Waals surface area contributed by atoms with Crippen molar-refractivity contribution in [3.8, 4) is 33.9 Å². The monoisotopic (exact) mass is 486 g/mol. The largest absolute Gasteiger partial charge is 0.358 e. The Hall–Kier alpha value is -4.85. The summed E-state index contributed by atoms with van der Waals surface area (Å²) >= 11 is 0. The maximum Gasteiger partial charge on any atom is 0.181 e. The van der Waals surface area contributed by atoms with Crippen LogP contribution in [0.15, 0.2) is 85.7 Å². The van der Waals surface area contributed by atoms with Crippen molar-refractivity contribution in [3.63, 3.8) is 0 Å². The van der Waals surface area contributed by atoms with Gasteiger partial charge in [-0.2, -0.15) is 5.10 Å². The second kappa shape index (κ2) is 9.66. The van der Waals surface area contributed by atoms with E-state index in [-0.39, 0.29) is 0 Å². The van der Waals surface area contributed by atoms with Crippen LogP contribution in [0.4, 0.5) is 5.69 Å². The zero-order valence-electron chi connectivity index (χ0n) is 20.5. The Morgan fingerprint density at radius 1 is 0.946 bits per heavy atom. The molecule has 8 nitrogen and oxygen atoms in total. The standard InChI is InChI=1S/C29H26N8/c1-3-4-7-18(2)34-21-12-19(15-30-17-21)20-13-23-28(36-37-29(23)33-16-20)26-14-22-24(35-26)9-11-32-27(22)25-8-5-6-10-31-25/h5-6,8-17,34-35H,2-4,7H2,1H3,(H,33,36,37). The van der Waals surface area contributed by atoms with E-state index in [1.54, 1.807) is 12.4 Å². The molecular weight excluding hydrogens is 460 g/mol. The number of fused-ring (bicyclic) bond motifs is 2. The van der Waals surface area contributed by atoms with Gasteiger partial charge in [-0.1, -0.05) is 26.0 Å². The molecule has 0 atom stereocenters. The number of nitrogens with one attached hydrogen (secondary N) is 3. The fourth-order valence-corrected chi connectivity index (χ4v) is 4.48. The predicted octanol–water partition coefficient (Wildman–Crippen LogP) is 6.74. The molecule has 0 amide bonds. The highest BCUT2D eigenvalue weighted by Crippen LogP contribution is 2.33. The lowest BCUT2D eigenvalue weighted by atomic mass is 10.1. The van der Waals surface area contributed by atoms with Crippen LogP contribution in [0.1, 0.15) is 26.2 Å². The maximum absolute atomic E-state index is 4.61. The number of pyridine rings is 4. The average molecular weight is 487 g/mol. The lowest BCUT2D eigenvalue weighted by Gasteiger charge is -2.10. The predicted molar refractivity (Wildman–Crippen MR) is 148 cm³/mol. The molecule has 0 aliphatic rings. The Morgan fingerprint density at radius 2 is 1.86 bits per heavy atom. The zero-order valence-corrected chi connectivity index (χ0v) is 20.5. The number of hydrogen-bond acceptors (Lipinski definition) is 6. The number of unbranched alkanes of at least 4 members (excludes halogenated alkanes) is 1. The minimum atomic E-state index is 0.649. The highest BCUT2D eigenvalue weighted by molar-refractivity contribution is 5.99. The van der Waals surface area contributed by atoms with Crippen LogP contribution in [0.2, 0.25) is 0 Å². The topological polar surface area (TPSA) is 108 Å². The van der Waals surface area contributed by atoms with Gasteiger partial charge in [0.25, 0.3) is 0 Å². The van der Waals surface area contributed by atoms with Crippen LogP contribution in [0.3, 0.4) is 0 Å². The average Bonchev–Trinajstić information content (AvgIpc) is 3.56. The fourth-order valence-electron chi connectivity index (χ4n) is 4.48. The summed E-state index contributed by atoms with van der Waals surface area (Å²) in [5.41, 5.74) is 8.88. The maximum atomic E-state index is 4.61. The number of nitrogens with zero attached hydrogens (tertiary/aromatic N) is 5. The van der Waals surface area contributed by atoms with Crippen molar-refractivity contribution in [3.05, 3.63) is 85.7 Å². The van der Waals surface area contributed by atoms with Crippen LogP contribution >= 0.6 is 0 Å². The van der Waals surface area contributed by atoms with E-state index in [2.05, 4.69) is 72.1 Å². The van der Waals surface area contributed by atoms with Gasteiger partial charge < -0.3 is 10.3 Å². The van der Waals surface area contributed by atoms with Crippen LogP contribution in [0.5, 0.6) is 0 Å². The van der Waals surface area contributed by atoms with Crippen molar-refractivity contribution in [1.82, 2.24) is 35.1 Å². The molecule has 37 heavy (non-hydrogen) atoms. The molecule has 0 fully saturated rings. The molecule has 0 aromatic carbocycles. The third-order valence-corrected chi connectivity index (χ3v) is 6.36. The second-order valence-corrected chi connectivity index (χ2v) is 9.01. The van der Waals surface area contributed by atoms with E-state index in [9.17, 15) is 0 Å². The first kappa shape index (κ1) is 22.6. The van der Waals surface area contributed by atoms with E-state index in [1.165, 1.54) is 0 Å². The fraction of sp³-hybridized carbons (Fsp3) is 0.138. The van der Waals surface area contributed by atoms with Crippen LogP contribution in [-0.2, 0) is 0 Å². The zero-order chi connectivity index (χ0) is 25.2. The molecule has 6 heterocycles. The number of rotatable bonds is 8. The number of allylic oxidation sites excluding steroid dienone is 1. The summed E-state index contributed by atoms with van der Waals surface area (Å²) in [6.07, 6.45) is 12.2. The first-order valence-corrected chi connectivity index (χ1v) is 12.3. The summed E-state index contributed by atoms with van der Waals surface area (Å²) in [5.74, 6) is 0. The molecule has 6 aromatic heterocycles. The SMILES string of the molecule is C=C(CCCC)Nc1cncc(-c2cnc3n[nH]c(-c4cc5c(-c6ccccn6)nccc5[nH]4)c3c2)c1. The van der Waals surface area contributed by atoms with Crippen molar-refractivity contribution < 1.29 is 0 Å². The Morgan fingerprint density at radius 3 is 2.73 bits per heavy atom. The summed E-state index contributed by atoms with van der Waals surface area (Å²) in [6, 6.07) is 14.0. The number of hydrogen-bond donors (Lipinski definition) is 3. The minimum Gasteiger partial charge on any atom is -0.358 e. The molecule has 0 radical (unpaired) electrons. The van der Waals surface area contributed by atoms with E-state index in [0.29, 0.717) is 5.65 Å². The first-order chi connectivity index (χ1) is 18.2. The van der Waals surface area contributed by atoms with Crippen molar-refractivity contribution >= 4 is 27.6 Å². The van der Waals surface area contributed by atoms with Crippen LogP contribution in [0.25, 0.3) is 55.8 Å². The van der Waals surface area contributed by atoms with Gasteiger partial charge in [-0.3, -0.25) is 20.1 Å². The molecule has 3 N–H and O–H groups in total. The molecule has 0 aliphatic heterocycles. The van der Waals surface area contributed by atoms with E-state index in [4.69, 9.17) is 0 Å².